The van der Waals surface area contributed by atoms with Gasteiger partial charge in [-0.3, -0.25) is 0 Å². The van der Waals surface area contributed by atoms with E-state index in [-0.39, 0.29) is 0 Å². The van der Waals surface area contributed by atoms with Gasteiger partial charge in [-0.2, -0.15) is 0 Å². The molecule has 1 aromatic carbocycles. The van der Waals surface area contributed by atoms with Gasteiger partial charge < -0.3 is 10.0 Å². The van der Waals surface area contributed by atoms with E-state index in [4.69, 9.17) is 0 Å². The molecule has 104 valence electrons. The van der Waals surface area contributed by atoms with Crippen LogP contribution in [-0.4, -0.2) is 25.2 Å². The number of unbranched alkanes of at least 4 members (excludes halogenated alkanes) is 1. The fraction of sp³-hybridized carbons (Fsp3) is 0.438. The molecule has 3 nitrogen and oxygen atoms in total. The summed E-state index contributed by atoms with van der Waals surface area (Å²) in [5.41, 5.74) is 3.49. The summed E-state index contributed by atoms with van der Waals surface area (Å²) in [6.07, 6.45) is 2.55. The van der Waals surface area contributed by atoms with Crippen molar-refractivity contribution in [2.75, 3.05) is 19.0 Å². The molecule has 1 N–H and O–H groups in total. The van der Waals surface area contributed by atoms with E-state index in [0.29, 0.717) is 12.0 Å². The number of anilines is 1. The van der Waals surface area contributed by atoms with Crippen LogP contribution in [-0.2, 0) is 4.79 Å². The van der Waals surface area contributed by atoms with Crippen LogP contribution in [0.15, 0.2) is 29.8 Å². The molecule has 0 atom stereocenters. The molecule has 0 spiro atoms. The van der Waals surface area contributed by atoms with Crippen LogP contribution in [0.2, 0.25) is 0 Å². The fourth-order valence-corrected chi connectivity index (χ4v) is 1.99. The van der Waals surface area contributed by atoms with E-state index in [1.165, 1.54) is 0 Å². The standard InChI is InChI=1S/C16H23NO2/c1-5-6-7-15(16(18)19)12(2)13-8-10-14(11-9-13)17(3)4/h8-11H,5-7H2,1-4H3,(H,18,19)/b15-12+. The van der Waals surface area contributed by atoms with E-state index in [1.807, 2.05) is 50.2 Å². The van der Waals surface area contributed by atoms with Gasteiger partial charge in [0.25, 0.3) is 0 Å². The smallest absolute Gasteiger partial charge is 0.331 e. The zero-order valence-corrected chi connectivity index (χ0v) is 12.2. The second-order valence-corrected chi connectivity index (χ2v) is 4.95. The van der Waals surface area contributed by atoms with Crippen molar-refractivity contribution in [2.24, 2.45) is 0 Å². The summed E-state index contributed by atoms with van der Waals surface area (Å²) in [6, 6.07) is 8.00. The molecule has 0 amide bonds. The Labute approximate surface area is 115 Å². The molecule has 0 unspecified atom stereocenters. The average molecular weight is 261 g/mol. The molecule has 0 aliphatic rings. The van der Waals surface area contributed by atoms with E-state index in [9.17, 15) is 9.90 Å². The van der Waals surface area contributed by atoms with E-state index in [0.717, 1.165) is 29.7 Å². The molecule has 1 rings (SSSR count). The minimum absolute atomic E-state index is 0.527. The maximum atomic E-state index is 11.3. The summed E-state index contributed by atoms with van der Waals surface area (Å²) in [6.45, 7) is 3.96. The van der Waals surface area contributed by atoms with Crippen molar-refractivity contribution in [3.05, 3.63) is 35.4 Å². The number of aliphatic carboxylic acids is 1. The van der Waals surface area contributed by atoms with Crippen LogP contribution in [0.3, 0.4) is 0 Å². The summed E-state index contributed by atoms with van der Waals surface area (Å²) in [4.78, 5) is 13.4. The van der Waals surface area contributed by atoms with Gasteiger partial charge in [0.1, 0.15) is 0 Å². The van der Waals surface area contributed by atoms with Gasteiger partial charge in [-0.05, 0) is 43.0 Å². The van der Waals surface area contributed by atoms with Crippen molar-refractivity contribution >= 4 is 17.2 Å². The molecule has 0 fully saturated rings. The van der Waals surface area contributed by atoms with Gasteiger partial charge in [-0.15, -0.1) is 0 Å². The van der Waals surface area contributed by atoms with Gasteiger partial charge in [0.15, 0.2) is 0 Å². The Balaban J connectivity index is 3.06. The van der Waals surface area contributed by atoms with Crippen LogP contribution in [0.4, 0.5) is 5.69 Å². The van der Waals surface area contributed by atoms with Gasteiger partial charge in [0.05, 0.1) is 0 Å². The first-order valence-electron chi connectivity index (χ1n) is 6.68. The third-order valence-electron chi connectivity index (χ3n) is 3.31. The number of carboxylic acid groups (broad SMARTS) is 1. The molecule has 0 aliphatic carbocycles. The maximum Gasteiger partial charge on any atom is 0.331 e. The molecule has 19 heavy (non-hydrogen) atoms. The van der Waals surface area contributed by atoms with E-state index in [2.05, 4.69) is 6.92 Å². The Hall–Kier alpha value is -1.77. The molecular weight excluding hydrogens is 238 g/mol. The van der Waals surface area contributed by atoms with Crippen molar-refractivity contribution in [3.8, 4) is 0 Å². The highest BCUT2D eigenvalue weighted by Gasteiger charge is 2.12. The van der Waals surface area contributed by atoms with Crippen molar-refractivity contribution in [1.29, 1.82) is 0 Å². The molecule has 0 saturated carbocycles. The topological polar surface area (TPSA) is 40.5 Å². The monoisotopic (exact) mass is 261 g/mol. The summed E-state index contributed by atoms with van der Waals surface area (Å²) in [7, 11) is 3.98. The molecule has 0 aromatic heterocycles. The normalized spacial score (nSPS) is 12.0. The number of rotatable bonds is 6. The minimum Gasteiger partial charge on any atom is -0.478 e. The third-order valence-corrected chi connectivity index (χ3v) is 3.31. The van der Waals surface area contributed by atoms with Crippen LogP contribution in [0.1, 0.15) is 38.7 Å². The molecule has 0 aliphatic heterocycles. The van der Waals surface area contributed by atoms with Crippen molar-refractivity contribution in [1.82, 2.24) is 0 Å². The highest BCUT2D eigenvalue weighted by molar-refractivity contribution is 5.96. The zero-order chi connectivity index (χ0) is 14.4. The van der Waals surface area contributed by atoms with Crippen molar-refractivity contribution in [3.63, 3.8) is 0 Å². The van der Waals surface area contributed by atoms with Gasteiger partial charge in [0, 0.05) is 25.4 Å². The Bertz CT molecular complexity index is 458. The van der Waals surface area contributed by atoms with E-state index < -0.39 is 5.97 Å². The van der Waals surface area contributed by atoms with Gasteiger partial charge in [-0.1, -0.05) is 25.5 Å². The quantitative estimate of drug-likeness (QED) is 0.792. The van der Waals surface area contributed by atoms with Gasteiger partial charge in [-0.25, -0.2) is 4.79 Å². The Morgan fingerprint density at radius 2 is 1.79 bits per heavy atom. The molecule has 0 heterocycles. The Kier molecular flexibility index (Phi) is 5.61. The lowest BCUT2D eigenvalue weighted by atomic mass is 9.97. The predicted molar refractivity (Wildman–Crippen MR) is 80.5 cm³/mol. The van der Waals surface area contributed by atoms with Crippen molar-refractivity contribution < 1.29 is 9.90 Å². The number of hydrogen-bond acceptors (Lipinski definition) is 2. The number of carbonyl (C=O) groups is 1. The highest BCUT2D eigenvalue weighted by atomic mass is 16.4. The minimum atomic E-state index is -0.803. The first-order chi connectivity index (χ1) is 8.97. The van der Waals surface area contributed by atoms with Crippen LogP contribution >= 0.6 is 0 Å². The second kappa shape index (κ2) is 6.98. The van der Waals surface area contributed by atoms with Crippen molar-refractivity contribution in [2.45, 2.75) is 33.1 Å². The fourth-order valence-electron chi connectivity index (χ4n) is 1.99. The second-order valence-electron chi connectivity index (χ2n) is 4.95. The largest absolute Gasteiger partial charge is 0.478 e. The number of hydrogen-bond donors (Lipinski definition) is 1. The van der Waals surface area contributed by atoms with E-state index >= 15 is 0 Å². The zero-order valence-electron chi connectivity index (χ0n) is 12.2. The Morgan fingerprint density at radius 3 is 2.21 bits per heavy atom. The maximum absolute atomic E-state index is 11.3. The number of carboxylic acids is 1. The molecule has 0 radical (unpaired) electrons. The first kappa shape index (κ1) is 15.3. The predicted octanol–water partition coefficient (Wildman–Crippen LogP) is 3.80. The SMILES string of the molecule is CCCC/C(C(=O)O)=C(/C)c1ccc(N(C)C)cc1. The van der Waals surface area contributed by atoms with Crippen LogP contribution in [0, 0.1) is 0 Å². The lowest BCUT2D eigenvalue weighted by Gasteiger charge is -2.14. The molecule has 0 saturated heterocycles. The van der Waals surface area contributed by atoms with E-state index in [1.54, 1.807) is 0 Å². The number of allylic oxidation sites excluding steroid dienone is 1. The summed E-state index contributed by atoms with van der Waals surface area (Å²) < 4.78 is 0. The number of benzene rings is 1. The third kappa shape index (κ3) is 4.12. The Morgan fingerprint density at radius 1 is 1.21 bits per heavy atom. The lowest BCUT2D eigenvalue weighted by molar-refractivity contribution is -0.132. The van der Waals surface area contributed by atoms with Crippen LogP contribution in [0.5, 0.6) is 0 Å². The molecular formula is C16H23NO2. The first-order valence-corrected chi connectivity index (χ1v) is 6.68. The van der Waals surface area contributed by atoms with Crippen LogP contribution in [0.25, 0.3) is 5.57 Å². The summed E-state index contributed by atoms with van der Waals surface area (Å²) in [5.74, 6) is -0.803. The van der Waals surface area contributed by atoms with Gasteiger partial charge >= 0.3 is 5.97 Å². The highest BCUT2D eigenvalue weighted by Crippen LogP contribution is 2.24. The number of nitrogens with zero attached hydrogens (tertiary/aromatic N) is 1. The van der Waals surface area contributed by atoms with Crippen LogP contribution < -0.4 is 4.90 Å². The molecule has 3 heteroatoms. The lowest BCUT2D eigenvalue weighted by Crippen LogP contribution is -2.08. The average Bonchev–Trinajstić information content (AvgIpc) is 2.38. The molecule has 1 aromatic rings. The summed E-state index contributed by atoms with van der Waals surface area (Å²) >= 11 is 0. The van der Waals surface area contributed by atoms with Gasteiger partial charge in [0.2, 0.25) is 0 Å². The summed E-state index contributed by atoms with van der Waals surface area (Å²) in [5, 5.41) is 9.31. The molecule has 0 bridgehead atoms.